The number of carbonyl (C=O) groups excluding carboxylic acids is 2. The van der Waals surface area contributed by atoms with Crippen molar-refractivity contribution in [2.24, 2.45) is 11.5 Å². The van der Waals surface area contributed by atoms with E-state index in [0.717, 1.165) is 4.90 Å². The predicted molar refractivity (Wildman–Crippen MR) is 56.2 cm³/mol. The Morgan fingerprint density at radius 3 is 2.38 bits per heavy atom. The molecule has 1 unspecified atom stereocenters. The lowest BCUT2D eigenvalue weighted by Gasteiger charge is -2.21. The molecule has 0 radical (unpaired) electrons. The van der Waals surface area contributed by atoms with Crippen molar-refractivity contribution in [2.45, 2.75) is 12.5 Å². The Kier molecular flexibility index (Phi) is 5.79. The summed E-state index contributed by atoms with van der Waals surface area (Å²) in [5, 5.41) is 8.56. The minimum Gasteiger partial charge on any atom is -0.480 e. The molecule has 0 spiro atoms. The van der Waals surface area contributed by atoms with E-state index in [1.54, 1.807) is 0 Å². The second-order valence-electron chi connectivity index (χ2n) is 3.18. The molecule has 90 valence electrons. The summed E-state index contributed by atoms with van der Waals surface area (Å²) < 4.78 is 0. The first kappa shape index (κ1) is 14.1. The van der Waals surface area contributed by atoms with Crippen molar-refractivity contribution in [2.75, 3.05) is 13.1 Å². The number of amides is 2. The van der Waals surface area contributed by atoms with Crippen LogP contribution in [0.4, 0.5) is 0 Å². The molecule has 1 atom stereocenters. The number of carbonyl (C=O) groups is 3. The molecule has 0 heterocycles. The fraction of sp³-hybridized carbons (Fsp3) is 0.444. The van der Waals surface area contributed by atoms with E-state index in [1.165, 1.54) is 6.08 Å². The summed E-state index contributed by atoms with van der Waals surface area (Å²) >= 11 is 0. The lowest BCUT2D eigenvalue weighted by molar-refractivity contribution is -0.144. The van der Waals surface area contributed by atoms with E-state index in [9.17, 15) is 14.4 Å². The summed E-state index contributed by atoms with van der Waals surface area (Å²) in [5.41, 5.74) is 10.3. The number of aliphatic carboxylic acids is 1. The number of rotatable bonds is 7. The van der Waals surface area contributed by atoms with Crippen molar-refractivity contribution in [1.29, 1.82) is 0 Å². The average Bonchev–Trinajstić information content (AvgIpc) is 2.14. The van der Waals surface area contributed by atoms with Crippen LogP contribution < -0.4 is 11.5 Å². The number of hydrogen-bond acceptors (Lipinski definition) is 4. The van der Waals surface area contributed by atoms with Gasteiger partial charge in [0.05, 0.1) is 12.5 Å². The summed E-state index contributed by atoms with van der Waals surface area (Å²) in [4.78, 5) is 33.6. The number of carboxylic acids is 1. The zero-order valence-corrected chi connectivity index (χ0v) is 8.76. The Balaban J connectivity index is 4.52. The maximum atomic E-state index is 11.6. The van der Waals surface area contributed by atoms with E-state index < -0.39 is 30.4 Å². The van der Waals surface area contributed by atoms with Crippen molar-refractivity contribution < 1.29 is 19.5 Å². The summed E-state index contributed by atoms with van der Waals surface area (Å²) in [7, 11) is 0. The van der Waals surface area contributed by atoms with Gasteiger partial charge in [0.25, 0.3) is 0 Å². The quantitative estimate of drug-likeness (QED) is 0.448. The Bertz CT molecular complexity index is 303. The Morgan fingerprint density at radius 2 is 2.00 bits per heavy atom. The molecule has 0 saturated heterocycles. The normalized spacial score (nSPS) is 11.6. The largest absolute Gasteiger partial charge is 0.480 e. The molecule has 0 rings (SSSR count). The minimum atomic E-state index is -1.17. The molecule has 16 heavy (non-hydrogen) atoms. The van der Waals surface area contributed by atoms with E-state index in [-0.39, 0.29) is 13.0 Å². The molecular weight excluding hydrogens is 214 g/mol. The molecule has 0 saturated carbocycles. The van der Waals surface area contributed by atoms with Crippen molar-refractivity contribution in [3.8, 4) is 0 Å². The smallest absolute Gasteiger partial charge is 0.323 e. The molecule has 7 nitrogen and oxygen atoms in total. The molecule has 0 fully saturated rings. The molecule has 2 amide bonds. The van der Waals surface area contributed by atoms with Gasteiger partial charge in [0.1, 0.15) is 6.54 Å². The van der Waals surface area contributed by atoms with Crippen LogP contribution in [0.1, 0.15) is 6.42 Å². The van der Waals surface area contributed by atoms with Crippen molar-refractivity contribution >= 4 is 17.8 Å². The Labute approximate surface area is 92.7 Å². The molecule has 0 aromatic rings. The van der Waals surface area contributed by atoms with Gasteiger partial charge in [-0.25, -0.2) is 0 Å². The first-order valence-corrected chi connectivity index (χ1v) is 4.53. The highest BCUT2D eigenvalue weighted by atomic mass is 16.4. The van der Waals surface area contributed by atoms with E-state index in [4.69, 9.17) is 16.6 Å². The van der Waals surface area contributed by atoms with Crippen LogP contribution in [0.3, 0.4) is 0 Å². The van der Waals surface area contributed by atoms with Gasteiger partial charge in [-0.1, -0.05) is 6.08 Å². The maximum Gasteiger partial charge on any atom is 0.323 e. The lowest BCUT2D eigenvalue weighted by Crippen LogP contribution is -2.47. The molecule has 5 N–H and O–H groups in total. The van der Waals surface area contributed by atoms with Crippen LogP contribution in [-0.2, 0) is 14.4 Å². The molecular formula is C9H15N3O4. The van der Waals surface area contributed by atoms with Crippen LogP contribution in [0.2, 0.25) is 0 Å². The van der Waals surface area contributed by atoms with Gasteiger partial charge in [0.2, 0.25) is 11.8 Å². The van der Waals surface area contributed by atoms with Crippen LogP contribution in [0.15, 0.2) is 12.7 Å². The highest BCUT2D eigenvalue weighted by Crippen LogP contribution is 1.97. The van der Waals surface area contributed by atoms with E-state index >= 15 is 0 Å². The van der Waals surface area contributed by atoms with Gasteiger partial charge in [-0.05, 0) is 0 Å². The predicted octanol–water partition coefficient (Wildman–Crippen LogP) is -1.71. The van der Waals surface area contributed by atoms with Gasteiger partial charge in [0, 0.05) is 6.54 Å². The zero-order chi connectivity index (χ0) is 12.7. The molecule has 0 aliphatic rings. The Hall–Kier alpha value is -1.89. The number of nitrogens with zero attached hydrogens (tertiary/aromatic N) is 1. The summed E-state index contributed by atoms with van der Waals surface area (Å²) in [6.07, 6.45) is 1.06. The number of carboxylic acid groups (broad SMARTS) is 1. The molecule has 0 aliphatic heterocycles. The zero-order valence-electron chi connectivity index (χ0n) is 8.76. The van der Waals surface area contributed by atoms with Gasteiger partial charge < -0.3 is 21.5 Å². The molecule has 0 bridgehead atoms. The molecule has 7 heteroatoms. The highest BCUT2D eigenvalue weighted by Gasteiger charge is 2.23. The summed E-state index contributed by atoms with van der Waals surface area (Å²) in [6.45, 7) is 2.96. The Morgan fingerprint density at radius 1 is 1.44 bits per heavy atom. The van der Waals surface area contributed by atoms with Crippen LogP contribution in [0.25, 0.3) is 0 Å². The third-order valence-electron chi connectivity index (χ3n) is 1.73. The van der Waals surface area contributed by atoms with Gasteiger partial charge >= 0.3 is 5.97 Å². The maximum absolute atomic E-state index is 11.6. The SMILES string of the molecule is C=CCN(CC(=O)O)C(=O)C(N)CC(N)=O. The topological polar surface area (TPSA) is 127 Å². The van der Waals surface area contributed by atoms with Crippen molar-refractivity contribution in [1.82, 2.24) is 4.90 Å². The van der Waals surface area contributed by atoms with Crippen molar-refractivity contribution in [3.63, 3.8) is 0 Å². The van der Waals surface area contributed by atoms with E-state index in [2.05, 4.69) is 6.58 Å². The summed E-state index contributed by atoms with van der Waals surface area (Å²) in [5.74, 6) is -2.52. The third kappa shape index (κ3) is 5.11. The highest BCUT2D eigenvalue weighted by molar-refractivity contribution is 5.89. The van der Waals surface area contributed by atoms with Gasteiger partial charge in [0.15, 0.2) is 0 Å². The van der Waals surface area contributed by atoms with Crippen LogP contribution >= 0.6 is 0 Å². The molecule has 0 aromatic heterocycles. The number of primary amides is 1. The van der Waals surface area contributed by atoms with E-state index in [1.807, 2.05) is 0 Å². The first-order chi connectivity index (χ1) is 7.38. The van der Waals surface area contributed by atoms with Gasteiger partial charge in [-0.2, -0.15) is 0 Å². The van der Waals surface area contributed by atoms with Crippen LogP contribution in [0.5, 0.6) is 0 Å². The standard InChI is InChI=1S/C9H15N3O4/c1-2-3-12(5-8(14)15)9(16)6(10)4-7(11)13/h2,6H,1,3-5,10H2,(H2,11,13)(H,14,15). The number of nitrogens with two attached hydrogens (primary N) is 2. The third-order valence-corrected chi connectivity index (χ3v) is 1.73. The van der Waals surface area contributed by atoms with Crippen LogP contribution in [0, 0.1) is 0 Å². The van der Waals surface area contributed by atoms with Gasteiger partial charge in [-0.3, -0.25) is 14.4 Å². The fourth-order valence-corrected chi connectivity index (χ4v) is 1.09. The molecule has 0 aliphatic carbocycles. The van der Waals surface area contributed by atoms with Crippen molar-refractivity contribution in [3.05, 3.63) is 12.7 Å². The van der Waals surface area contributed by atoms with Crippen LogP contribution in [-0.4, -0.2) is 46.9 Å². The second kappa shape index (κ2) is 6.57. The van der Waals surface area contributed by atoms with E-state index in [0.29, 0.717) is 0 Å². The first-order valence-electron chi connectivity index (χ1n) is 4.53. The second-order valence-corrected chi connectivity index (χ2v) is 3.18. The average molecular weight is 229 g/mol. The monoisotopic (exact) mass is 229 g/mol. The fourth-order valence-electron chi connectivity index (χ4n) is 1.09. The minimum absolute atomic E-state index is 0.0532. The summed E-state index contributed by atoms with van der Waals surface area (Å²) in [6, 6.07) is -1.11. The number of hydrogen-bond donors (Lipinski definition) is 3. The molecule has 0 aromatic carbocycles. The lowest BCUT2D eigenvalue weighted by atomic mass is 10.2. The van der Waals surface area contributed by atoms with Gasteiger partial charge in [-0.15, -0.1) is 6.58 Å².